The van der Waals surface area contributed by atoms with Gasteiger partial charge in [0.15, 0.2) is 0 Å². The van der Waals surface area contributed by atoms with Crippen LogP contribution < -0.4 is 10.5 Å². The van der Waals surface area contributed by atoms with E-state index in [-0.39, 0.29) is 0 Å². The number of ether oxygens (including phenoxy) is 1. The van der Waals surface area contributed by atoms with Crippen LogP contribution in [0.1, 0.15) is 39.0 Å². The Morgan fingerprint density at radius 3 is 3.16 bits per heavy atom. The Balaban J connectivity index is 1.79. The second-order valence-corrected chi connectivity index (χ2v) is 6.24. The summed E-state index contributed by atoms with van der Waals surface area (Å²) in [5.41, 5.74) is 9.57. The van der Waals surface area contributed by atoms with E-state index in [4.69, 9.17) is 10.5 Å². The van der Waals surface area contributed by atoms with Crippen LogP contribution in [0.2, 0.25) is 0 Å². The van der Waals surface area contributed by atoms with Gasteiger partial charge in [-0.1, -0.05) is 19.8 Å². The maximum Gasteiger partial charge on any atom is 0.144 e. The number of rotatable bonds is 3. The molecule has 2 atom stereocenters. The van der Waals surface area contributed by atoms with Gasteiger partial charge in [0.05, 0.1) is 16.3 Å². The van der Waals surface area contributed by atoms with Gasteiger partial charge < -0.3 is 10.5 Å². The smallest absolute Gasteiger partial charge is 0.144 e. The molecule has 0 spiro atoms. The fourth-order valence-corrected chi connectivity index (χ4v) is 3.63. The average molecular weight is 276 g/mol. The van der Waals surface area contributed by atoms with Gasteiger partial charge in [-0.2, -0.15) is 0 Å². The van der Waals surface area contributed by atoms with Crippen molar-refractivity contribution in [1.29, 1.82) is 0 Å². The van der Waals surface area contributed by atoms with E-state index >= 15 is 0 Å². The minimum absolute atomic E-state index is 0.317. The fourth-order valence-electron chi connectivity index (χ4n) is 2.94. The van der Waals surface area contributed by atoms with E-state index in [0.29, 0.717) is 11.8 Å². The number of fused-ring (bicyclic) bond motifs is 1. The molecule has 0 saturated heterocycles. The van der Waals surface area contributed by atoms with E-state index < -0.39 is 0 Å². The van der Waals surface area contributed by atoms with Crippen LogP contribution in [0.4, 0.5) is 5.69 Å². The van der Waals surface area contributed by atoms with Crippen LogP contribution in [0, 0.1) is 5.92 Å². The van der Waals surface area contributed by atoms with E-state index in [0.717, 1.165) is 34.7 Å². The Morgan fingerprint density at radius 2 is 2.32 bits per heavy atom. The zero-order chi connectivity index (χ0) is 13.2. The zero-order valence-corrected chi connectivity index (χ0v) is 12.1. The third kappa shape index (κ3) is 2.54. The number of nitrogens with two attached hydrogens (primary N) is 1. The predicted octanol–water partition coefficient (Wildman–Crippen LogP) is 4.23. The van der Waals surface area contributed by atoms with Gasteiger partial charge in [-0.05, 0) is 37.3 Å². The highest BCUT2D eigenvalue weighted by Crippen LogP contribution is 2.35. The van der Waals surface area contributed by atoms with Crippen LogP contribution in [-0.4, -0.2) is 11.1 Å². The normalized spacial score (nSPS) is 23.6. The number of hydrogen-bond donors (Lipinski definition) is 1. The molecule has 0 aliphatic heterocycles. The Morgan fingerprint density at radius 1 is 1.42 bits per heavy atom. The molecule has 2 unspecified atom stereocenters. The van der Waals surface area contributed by atoms with E-state index in [9.17, 15) is 0 Å². The summed E-state index contributed by atoms with van der Waals surface area (Å²) in [5, 5.41) is 0. The number of hydrogen-bond acceptors (Lipinski definition) is 4. The van der Waals surface area contributed by atoms with Crippen molar-refractivity contribution in [2.75, 3.05) is 5.73 Å². The molecule has 3 nitrogen and oxygen atoms in total. The summed E-state index contributed by atoms with van der Waals surface area (Å²) in [6.45, 7) is 2.27. The lowest BCUT2D eigenvalue weighted by molar-refractivity contribution is 0.123. The molecule has 1 saturated carbocycles. The largest absolute Gasteiger partial charge is 0.488 e. The molecule has 1 heterocycles. The monoisotopic (exact) mass is 276 g/mol. The molecule has 1 aromatic heterocycles. The van der Waals surface area contributed by atoms with Gasteiger partial charge in [-0.25, -0.2) is 4.98 Å². The van der Waals surface area contributed by atoms with Crippen LogP contribution in [0.3, 0.4) is 0 Å². The second kappa shape index (κ2) is 5.37. The van der Waals surface area contributed by atoms with Gasteiger partial charge >= 0.3 is 0 Å². The number of thiazole rings is 1. The molecule has 102 valence electrons. The van der Waals surface area contributed by atoms with Crippen molar-refractivity contribution in [3.63, 3.8) is 0 Å². The molecule has 4 heteroatoms. The first kappa shape index (κ1) is 12.7. The van der Waals surface area contributed by atoms with Gasteiger partial charge in [-0.15, -0.1) is 11.3 Å². The number of nitrogens with zero attached hydrogens (tertiary/aromatic N) is 1. The highest BCUT2D eigenvalue weighted by Gasteiger charge is 2.23. The number of nitrogen functional groups attached to an aromatic ring is 1. The van der Waals surface area contributed by atoms with E-state index in [1.165, 1.54) is 19.3 Å². The van der Waals surface area contributed by atoms with Crippen LogP contribution in [0.5, 0.6) is 5.75 Å². The van der Waals surface area contributed by atoms with Crippen molar-refractivity contribution < 1.29 is 4.74 Å². The Labute approximate surface area is 117 Å². The second-order valence-electron chi connectivity index (χ2n) is 5.36. The van der Waals surface area contributed by atoms with Crippen molar-refractivity contribution in [2.45, 2.75) is 45.1 Å². The molecular formula is C15H20N2OS. The summed E-state index contributed by atoms with van der Waals surface area (Å²) >= 11 is 1.61. The lowest BCUT2D eigenvalue weighted by atomic mass is 9.85. The van der Waals surface area contributed by atoms with E-state index in [1.807, 2.05) is 11.6 Å². The predicted molar refractivity (Wildman–Crippen MR) is 80.7 cm³/mol. The van der Waals surface area contributed by atoms with Crippen LogP contribution >= 0.6 is 11.3 Å². The van der Waals surface area contributed by atoms with Gasteiger partial charge in [0, 0.05) is 0 Å². The summed E-state index contributed by atoms with van der Waals surface area (Å²) in [6.07, 6.45) is 6.48. The third-order valence-electron chi connectivity index (χ3n) is 4.11. The van der Waals surface area contributed by atoms with Crippen LogP contribution in [0.25, 0.3) is 10.2 Å². The van der Waals surface area contributed by atoms with Crippen LogP contribution in [-0.2, 0) is 0 Å². The quantitative estimate of drug-likeness (QED) is 0.854. The van der Waals surface area contributed by atoms with Gasteiger partial charge in [0.1, 0.15) is 17.0 Å². The van der Waals surface area contributed by atoms with Crippen molar-refractivity contribution in [3.05, 3.63) is 17.6 Å². The first-order chi connectivity index (χ1) is 9.28. The SMILES string of the molecule is CCC1CCCC(Oc2ccc3scnc3c2N)C1. The van der Waals surface area contributed by atoms with Crippen molar-refractivity contribution in [2.24, 2.45) is 5.92 Å². The van der Waals surface area contributed by atoms with Crippen molar-refractivity contribution in [3.8, 4) is 5.75 Å². The van der Waals surface area contributed by atoms with Crippen molar-refractivity contribution >= 4 is 27.2 Å². The molecule has 2 N–H and O–H groups in total. The molecule has 1 aliphatic carbocycles. The standard InChI is InChI=1S/C15H20N2OS/c1-2-10-4-3-5-11(8-10)18-12-6-7-13-15(14(12)16)17-9-19-13/h6-7,9-11H,2-5,8,16H2,1H3. The van der Waals surface area contributed by atoms with Crippen LogP contribution in [0.15, 0.2) is 17.6 Å². The minimum atomic E-state index is 0.317. The maximum absolute atomic E-state index is 6.17. The van der Waals surface area contributed by atoms with Crippen molar-refractivity contribution in [1.82, 2.24) is 4.98 Å². The van der Waals surface area contributed by atoms with E-state index in [1.54, 1.807) is 11.3 Å². The molecule has 1 fully saturated rings. The molecule has 19 heavy (non-hydrogen) atoms. The summed E-state index contributed by atoms with van der Waals surface area (Å²) in [4.78, 5) is 4.32. The van der Waals surface area contributed by atoms with E-state index in [2.05, 4.69) is 18.0 Å². The Hall–Kier alpha value is -1.29. The van der Waals surface area contributed by atoms with Gasteiger partial charge in [0.25, 0.3) is 0 Å². The first-order valence-electron chi connectivity index (χ1n) is 7.06. The minimum Gasteiger partial charge on any atom is -0.488 e. The highest BCUT2D eigenvalue weighted by atomic mass is 32.1. The number of anilines is 1. The molecule has 3 rings (SSSR count). The molecule has 1 aromatic carbocycles. The number of benzene rings is 1. The lowest BCUT2D eigenvalue weighted by Gasteiger charge is -2.29. The topological polar surface area (TPSA) is 48.1 Å². The summed E-state index contributed by atoms with van der Waals surface area (Å²) in [5.74, 6) is 1.61. The lowest BCUT2D eigenvalue weighted by Crippen LogP contribution is -2.25. The van der Waals surface area contributed by atoms with Gasteiger partial charge in [0.2, 0.25) is 0 Å². The number of aromatic nitrogens is 1. The first-order valence-corrected chi connectivity index (χ1v) is 7.94. The molecule has 0 amide bonds. The molecule has 0 bridgehead atoms. The summed E-state index contributed by atoms with van der Waals surface area (Å²) in [6, 6.07) is 4.05. The summed E-state index contributed by atoms with van der Waals surface area (Å²) < 4.78 is 7.26. The molecule has 2 aromatic rings. The maximum atomic E-state index is 6.17. The fraction of sp³-hybridized carbons (Fsp3) is 0.533. The highest BCUT2D eigenvalue weighted by molar-refractivity contribution is 7.16. The average Bonchev–Trinajstić information content (AvgIpc) is 2.91. The third-order valence-corrected chi connectivity index (χ3v) is 4.90. The molecule has 0 radical (unpaired) electrons. The Kier molecular flexibility index (Phi) is 3.60. The van der Waals surface area contributed by atoms with Gasteiger partial charge in [-0.3, -0.25) is 0 Å². The zero-order valence-electron chi connectivity index (χ0n) is 11.3. The summed E-state index contributed by atoms with van der Waals surface area (Å²) in [7, 11) is 0. The molecule has 1 aliphatic rings. The molecular weight excluding hydrogens is 256 g/mol. The Bertz CT molecular complexity index is 566.